The summed E-state index contributed by atoms with van der Waals surface area (Å²) in [5.74, 6) is -6.86. The number of hydrogen-bond donors (Lipinski definition) is 9. The van der Waals surface area contributed by atoms with Crippen LogP contribution in [0.15, 0.2) is 58.1 Å². The lowest BCUT2D eigenvalue weighted by molar-refractivity contribution is -0.147. The number of nitrogens with one attached hydrogen (secondary N) is 4. The minimum Gasteiger partial charge on any atom is -0.488 e. The van der Waals surface area contributed by atoms with Crippen molar-refractivity contribution in [2.45, 2.75) is 200 Å². The monoisotopic (exact) mass is 1770 g/mol. The molecule has 694 valence electrons. The van der Waals surface area contributed by atoms with Crippen LogP contribution in [0.4, 0.5) is 34.9 Å². The van der Waals surface area contributed by atoms with Crippen LogP contribution in [0.5, 0.6) is 5.75 Å². The molecular formula is C87H127N15O24. The summed E-state index contributed by atoms with van der Waals surface area (Å²) in [5, 5.41) is 66.1. The van der Waals surface area contributed by atoms with E-state index in [2.05, 4.69) is 31.2 Å². The molecule has 0 bridgehead atoms. The number of hydrogen-bond acceptors (Lipinski definition) is 34. The maximum absolute atomic E-state index is 13.6. The van der Waals surface area contributed by atoms with Crippen molar-refractivity contribution in [2.24, 2.45) is 0 Å². The lowest BCUT2D eigenvalue weighted by Crippen LogP contribution is -2.56. The number of benzene rings is 2. The summed E-state index contributed by atoms with van der Waals surface area (Å²) < 4.78 is 16.7. The van der Waals surface area contributed by atoms with Crippen LogP contribution in [0.2, 0.25) is 0 Å². The van der Waals surface area contributed by atoms with E-state index in [9.17, 15) is 102 Å². The third-order valence-electron chi connectivity index (χ3n) is 22.7. The Bertz CT molecular complexity index is 4250. The first-order chi connectivity index (χ1) is 60.2. The van der Waals surface area contributed by atoms with E-state index in [0.717, 1.165) is 23.7 Å². The van der Waals surface area contributed by atoms with E-state index in [4.69, 9.17) is 19.2 Å². The number of carbonyl (C=O) groups is 14. The Labute approximate surface area is 733 Å². The molecule has 126 heavy (non-hydrogen) atoms. The molecule has 2 fully saturated rings. The van der Waals surface area contributed by atoms with Crippen LogP contribution >= 0.6 is 0 Å². The number of aromatic nitrogens is 3. The third-order valence-corrected chi connectivity index (χ3v) is 22.7. The standard InChI is InChI=1S/C87H127N15O24/c1-8-126-79-76(77(112)78(79)113)88-33-51-124-53-54-125-52-34-89-85-92-86(90-66-21-15-64(16-22-66)19-27-70(57-105)97-39-43-98(71(80(114)115)28-11-60(4)108)41-35-95(68(55-103)25-9-58(2)106)36-42-99(44-40-97)72(81(116)117)29-12-61(5)109)94-87(93-85)91-67-23-17-65(18-24-67)20-32-75(84(122)123)101-46-38-96(69(56-104)26-10-59(3)107)37-45-100(73(82(118)119)30-13-62(6)110)47-49-102(50-48-101)74(83(120)121)31-14-63(7)111/h15-18,21-24,55-57,68-75,88H,8-14,19-20,25-54H2,1-7H3,(H,114,115)(H,116,117)(H,118,119)(H,120,121)(H,122,123)(H3,89,90,91,92,93,94). The Hall–Kier alpha value is -10.5. The predicted octanol–water partition coefficient (Wildman–Crippen LogP) is 3.40. The number of carboxylic acids is 5. The van der Waals surface area contributed by atoms with E-state index >= 15 is 0 Å². The number of aliphatic carboxylic acids is 5. The first-order valence-electron chi connectivity index (χ1n) is 43.2. The van der Waals surface area contributed by atoms with E-state index in [1.54, 1.807) is 72.7 Å². The second kappa shape index (κ2) is 55.2. The number of aldehydes is 3. The van der Waals surface area contributed by atoms with Crippen molar-refractivity contribution >= 4 is 118 Å². The number of ketones is 6. The van der Waals surface area contributed by atoms with Gasteiger partial charge in [0.15, 0.2) is 5.75 Å². The van der Waals surface area contributed by atoms with Crippen LogP contribution in [-0.2, 0) is 89.4 Å². The number of ether oxygens (including phenoxy) is 3. The smallest absolute Gasteiger partial charge is 0.320 e. The Morgan fingerprint density at radius 1 is 0.357 bits per heavy atom. The van der Waals surface area contributed by atoms with Gasteiger partial charge in [-0.25, -0.2) is 0 Å². The van der Waals surface area contributed by atoms with Crippen LogP contribution in [0.3, 0.4) is 0 Å². The molecule has 8 unspecified atom stereocenters. The SMILES string of the molecule is CCOc1c(NCCOCCOCCNc2nc(Nc3ccc(CCC(C=O)N4CCN(C(CCC(C)=O)C(=O)O)CCN(C(C=O)CCC(C)=O)CCN(C(CCC(C)=O)C(=O)O)CC4)cc3)nc(Nc3ccc(CCC(C(=O)O)N4CCN(C(C=O)CCC(C)=O)CCN(C(CCC(C)=O)C(=O)O)CCN(C(CCC(C)=O)C(=O)O)CC4)cc3)n2)c(=O)c1=O. The molecule has 0 saturated carbocycles. The van der Waals surface area contributed by atoms with Crippen LogP contribution in [-0.4, -0.2) is 362 Å². The average Bonchev–Trinajstić information content (AvgIpc) is 0.787. The maximum Gasteiger partial charge on any atom is 0.320 e. The zero-order chi connectivity index (χ0) is 92.4. The van der Waals surface area contributed by atoms with E-state index in [1.165, 1.54) is 41.5 Å². The fourth-order valence-corrected chi connectivity index (χ4v) is 15.5. The largest absolute Gasteiger partial charge is 0.488 e. The van der Waals surface area contributed by atoms with Gasteiger partial charge in [-0.1, -0.05) is 24.3 Å². The van der Waals surface area contributed by atoms with Gasteiger partial charge in [0, 0.05) is 168 Å². The van der Waals surface area contributed by atoms with Gasteiger partial charge in [-0.2, -0.15) is 15.0 Å². The highest BCUT2D eigenvalue weighted by Gasteiger charge is 2.37. The van der Waals surface area contributed by atoms with Crippen molar-refractivity contribution in [2.75, 3.05) is 172 Å². The average molecular weight is 1770 g/mol. The van der Waals surface area contributed by atoms with Gasteiger partial charge in [-0.15, -0.1) is 0 Å². The van der Waals surface area contributed by atoms with Crippen LogP contribution < -0.4 is 36.9 Å². The van der Waals surface area contributed by atoms with Gasteiger partial charge in [-0.3, -0.25) is 72.8 Å². The van der Waals surface area contributed by atoms with Gasteiger partial charge >= 0.3 is 29.8 Å². The van der Waals surface area contributed by atoms with Gasteiger partial charge < -0.3 is 104 Å². The summed E-state index contributed by atoms with van der Waals surface area (Å²) in [6.45, 7) is 12.4. The topological polar surface area (TPSA) is 515 Å². The summed E-state index contributed by atoms with van der Waals surface area (Å²) in [5.41, 5.74) is 1.36. The third kappa shape index (κ3) is 36.1. The number of nitrogens with zero attached hydrogens (tertiary/aromatic N) is 11. The summed E-state index contributed by atoms with van der Waals surface area (Å²) in [6.07, 6.45) is 3.25. The molecular weight excluding hydrogens is 1640 g/mol. The molecule has 8 atom stereocenters. The van der Waals surface area contributed by atoms with Crippen molar-refractivity contribution in [1.82, 2.24) is 54.2 Å². The number of carbonyl (C=O) groups excluding carboxylic acids is 9. The lowest BCUT2D eigenvalue weighted by atomic mass is 10.0. The number of anilines is 6. The summed E-state index contributed by atoms with van der Waals surface area (Å²) in [6, 6.07) is 6.15. The highest BCUT2D eigenvalue weighted by atomic mass is 16.5. The normalized spacial score (nSPS) is 17.1. The molecule has 3 aromatic carbocycles. The molecule has 39 heteroatoms. The van der Waals surface area contributed by atoms with E-state index in [0.29, 0.717) is 24.1 Å². The molecule has 39 nitrogen and oxygen atoms in total. The quantitative estimate of drug-likeness (QED) is 0.0174. The zero-order valence-electron chi connectivity index (χ0n) is 73.5. The Morgan fingerprint density at radius 2 is 0.627 bits per heavy atom. The first kappa shape index (κ1) is 104. The highest BCUT2D eigenvalue weighted by Crippen LogP contribution is 2.26. The van der Waals surface area contributed by atoms with Crippen LogP contribution in [0, 0.1) is 0 Å². The van der Waals surface area contributed by atoms with Gasteiger partial charge in [-0.05, 0) is 148 Å². The number of carboxylic acid groups (broad SMARTS) is 5. The molecule has 3 heterocycles. The predicted molar refractivity (Wildman–Crippen MR) is 466 cm³/mol. The Kier molecular flexibility index (Phi) is 45.7. The Balaban J connectivity index is 1.24. The second-order valence-corrected chi connectivity index (χ2v) is 32.0. The molecule has 4 aromatic rings. The molecule has 0 spiro atoms. The number of aryl methyl sites for hydroxylation is 2. The van der Waals surface area contributed by atoms with Gasteiger partial charge in [0.2, 0.25) is 17.8 Å². The highest BCUT2D eigenvalue weighted by molar-refractivity contribution is 5.81. The lowest BCUT2D eigenvalue weighted by Gasteiger charge is -2.39. The number of Topliss-reactive ketones (excluding diaryl/α,β-unsaturated/α-hetero) is 6. The van der Waals surface area contributed by atoms with Crippen molar-refractivity contribution < 1.29 is 107 Å². The molecule has 2 aliphatic heterocycles. The van der Waals surface area contributed by atoms with Crippen molar-refractivity contribution in [3.05, 3.63) is 80.1 Å². The van der Waals surface area contributed by atoms with Crippen LogP contribution in [0.25, 0.3) is 0 Å². The van der Waals surface area contributed by atoms with Crippen molar-refractivity contribution in [3.8, 4) is 5.75 Å². The van der Waals surface area contributed by atoms with Crippen molar-refractivity contribution in [1.29, 1.82) is 0 Å². The molecule has 2 aliphatic rings. The fraction of sp³-hybridized carbons (Fsp3) is 0.621. The number of rotatable bonds is 57. The maximum atomic E-state index is 13.6. The molecule has 0 aliphatic carbocycles. The molecule has 1 aromatic heterocycles. The zero-order valence-corrected chi connectivity index (χ0v) is 73.5. The van der Waals surface area contributed by atoms with Crippen LogP contribution in [0.1, 0.15) is 149 Å². The van der Waals surface area contributed by atoms with Crippen molar-refractivity contribution in [3.63, 3.8) is 0 Å². The fourth-order valence-electron chi connectivity index (χ4n) is 15.5. The van der Waals surface area contributed by atoms with E-state index < -0.39 is 89.0 Å². The van der Waals surface area contributed by atoms with Gasteiger partial charge in [0.25, 0.3) is 10.9 Å². The first-order valence-corrected chi connectivity index (χ1v) is 43.2. The summed E-state index contributed by atoms with van der Waals surface area (Å²) >= 11 is 0. The minimum atomic E-state index is -1.23. The Morgan fingerprint density at radius 3 is 0.921 bits per heavy atom. The molecule has 9 N–H and O–H groups in total. The van der Waals surface area contributed by atoms with E-state index in [1.807, 2.05) is 21.9 Å². The summed E-state index contributed by atoms with van der Waals surface area (Å²) in [4.78, 5) is 230. The molecule has 2 saturated heterocycles. The van der Waals surface area contributed by atoms with Gasteiger partial charge in [0.05, 0.1) is 51.2 Å². The molecule has 6 rings (SSSR count). The van der Waals surface area contributed by atoms with E-state index in [-0.39, 0.29) is 311 Å². The second-order valence-electron chi connectivity index (χ2n) is 32.0. The molecule has 0 radical (unpaired) electrons. The molecule has 0 amide bonds. The summed E-state index contributed by atoms with van der Waals surface area (Å²) in [7, 11) is 0. The minimum absolute atomic E-state index is 0.000224. The van der Waals surface area contributed by atoms with Gasteiger partial charge in [0.1, 0.15) is 89.5 Å².